The van der Waals surface area contributed by atoms with Gasteiger partial charge in [0, 0.05) is 35.3 Å². The molecule has 6 rings (SSSR count). The number of hydrogen-bond donors (Lipinski definition) is 0. The van der Waals surface area contributed by atoms with Crippen molar-refractivity contribution in [2.45, 2.75) is 52.2 Å². The predicted octanol–water partition coefficient (Wildman–Crippen LogP) is 5.41. The zero-order valence-electron chi connectivity index (χ0n) is 21.2. The quantitative estimate of drug-likeness (QED) is 0.545. The van der Waals surface area contributed by atoms with E-state index in [9.17, 15) is 14.4 Å². The van der Waals surface area contributed by atoms with Gasteiger partial charge in [-0.25, -0.2) is 0 Å². The van der Waals surface area contributed by atoms with Crippen LogP contribution in [-0.2, 0) is 29.5 Å². The second-order valence-corrected chi connectivity index (χ2v) is 12.0. The van der Waals surface area contributed by atoms with Gasteiger partial charge in [-0.3, -0.25) is 14.4 Å². The zero-order valence-corrected chi connectivity index (χ0v) is 21.2. The summed E-state index contributed by atoms with van der Waals surface area (Å²) < 4.78 is 12.5. The Bertz CT molecular complexity index is 1250. The van der Waals surface area contributed by atoms with Crippen LogP contribution in [0.15, 0.2) is 48.5 Å². The Balaban J connectivity index is 1.37. The molecule has 4 aliphatic carbocycles. The first kappa shape index (κ1) is 23.2. The smallest absolute Gasteiger partial charge is 0.311 e. The van der Waals surface area contributed by atoms with E-state index in [1.165, 1.54) is 0 Å². The van der Waals surface area contributed by atoms with Crippen LogP contribution in [0.1, 0.15) is 62.8 Å². The van der Waals surface area contributed by atoms with Crippen molar-refractivity contribution in [1.29, 1.82) is 0 Å². The summed E-state index contributed by atoms with van der Waals surface area (Å²) in [7, 11) is 0. The van der Waals surface area contributed by atoms with Crippen molar-refractivity contribution < 1.29 is 23.9 Å². The normalized spacial score (nSPS) is 30.9. The third kappa shape index (κ3) is 3.31. The van der Waals surface area contributed by atoms with Crippen LogP contribution in [0.25, 0.3) is 12.2 Å². The molecule has 0 aliphatic heterocycles. The van der Waals surface area contributed by atoms with E-state index in [4.69, 9.17) is 9.47 Å². The second kappa shape index (κ2) is 7.89. The summed E-state index contributed by atoms with van der Waals surface area (Å²) >= 11 is 0. The van der Waals surface area contributed by atoms with Crippen LogP contribution >= 0.6 is 0 Å². The maximum absolute atomic E-state index is 14.1. The summed E-state index contributed by atoms with van der Waals surface area (Å²) in [5.74, 6) is -1.56. The average molecular weight is 485 g/mol. The Morgan fingerprint density at radius 1 is 0.889 bits per heavy atom. The first-order valence-corrected chi connectivity index (χ1v) is 12.9. The molecule has 186 valence electrons. The molecule has 2 aromatic carbocycles. The van der Waals surface area contributed by atoms with Crippen molar-refractivity contribution >= 4 is 29.9 Å². The van der Waals surface area contributed by atoms with Gasteiger partial charge in [0.25, 0.3) is 0 Å². The summed E-state index contributed by atoms with van der Waals surface area (Å²) in [5, 5.41) is 0. The fourth-order valence-corrected chi connectivity index (χ4v) is 7.21. The van der Waals surface area contributed by atoms with Crippen LogP contribution in [0.4, 0.5) is 0 Å². The summed E-state index contributed by atoms with van der Waals surface area (Å²) in [6, 6.07) is 15.9. The van der Waals surface area contributed by atoms with Crippen LogP contribution in [0.3, 0.4) is 0 Å². The van der Waals surface area contributed by atoms with Gasteiger partial charge in [0.05, 0.1) is 11.3 Å². The van der Waals surface area contributed by atoms with Gasteiger partial charge in [-0.2, -0.15) is 0 Å². The van der Waals surface area contributed by atoms with Gasteiger partial charge < -0.3 is 9.47 Å². The molecular weight excluding hydrogens is 452 g/mol. The second-order valence-electron chi connectivity index (χ2n) is 12.0. The minimum atomic E-state index is -1.02. The van der Waals surface area contributed by atoms with Crippen molar-refractivity contribution in [2.24, 2.45) is 35.0 Å². The SMILES string of the molecule is CC(C)(C)C(=O)OC1C2CC(=O)C3C2CC1C3C(=O)OC1(C)c2ccccc2C=Cc2ccccc21. The third-order valence-electron chi connectivity index (χ3n) is 8.88. The maximum atomic E-state index is 14.1. The standard InChI is InChI=1S/C31H32O5/c1-30(2,3)29(34)35-27-20-16-24(32)25-19(20)15-21(27)26(25)28(33)36-31(4)22-11-7-5-9-17(22)13-14-18-10-6-8-12-23(18)31/h5-14,19-21,25-27H,15-16H2,1-4H3. The number of rotatable bonds is 3. The molecular formula is C31H32O5. The molecule has 0 radical (unpaired) electrons. The number of hydrogen-bond acceptors (Lipinski definition) is 5. The van der Waals surface area contributed by atoms with Gasteiger partial charge >= 0.3 is 11.9 Å². The van der Waals surface area contributed by atoms with E-state index in [2.05, 4.69) is 12.2 Å². The average Bonchev–Trinajstić information content (AvgIpc) is 3.43. The van der Waals surface area contributed by atoms with Gasteiger partial charge in [0.15, 0.2) is 5.60 Å². The summed E-state index contributed by atoms with van der Waals surface area (Å²) in [6.45, 7) is 7.42. The van der Waals surface area contributed by atoms with Crippen LogP contribution < -0.4 is 0 Å². The molecule has 5 heteroatoms. The number of fused-ring (bicyclic) bond motifs is 3. The van der Waals surface area contributed by atoms with E-state index in [-0.39, 0.29) is 41.4 Å². The van der Waals surface area contributed by atoms with E-state index < -0.39 is 23.0 Å². The predicted molar refractivity (Wildman–Crippen MR) is 135 cm³/mol. The minimum Gasteiger partial charge on any atom is -0.461 e. The highest BCUT2D eigenvalue weighted by molar-refractivity contribution is 5.92. The molecule has 36 heavy (non-hydrogen) atoms. The highest BCUT2D eigenvalue weighted by Gasteiger charge is 2.68. The summed E-state index contributed by atoms with van der Waals surface area (Å²) in [5.41, 5.74) is 2.14. The van der Waals surface area contributed by atoms with Crippen molar-refractivity contribution in [1.82, 2.24) is 0 Å². The Hall–Kier alpha value is -3.21. The Kier molecular flexibility index (Phi) is 5.09. The molecule has 4 aliphatic rings. The molecule has 0 aromatic heterocycles. The third-order valence-corrected chi connectivity index (χ3v) is 8.88. The summed E-state index contributed by atoms with van der Waals surface area (Å²) in [4.78, 5) is 39.9. The molecule has 0 spiro atoms. The van der Waals surface area contributed by atoms with E-state index in [1.807, 2.05) is 76.2 Å². The van der Waals surface area contributed by atoms with Gasteiger partial charge in [0.2, 0.25) is 0 Å². The molecule has 6 atom stereocenters. The van der Waals surface area contributed by atoms with Crippen molar-refractivity contribution in [3.63, 3.8) is 0 Å². The Morgan fingerprint density at radius 2 is 1.47 bits per heavy atom. The fraction of sp³-hybridized carbons (Fsp3) is 0.452. The molecule has 2 bridgehead atoms. The first-order chi connectivity index (χ1) is 17.1. The highest BCUT2D eigenvalue weighted by Crippen LogP contribution is 2.63. The lowest BCUT2D eigenvalue weighted by atomic mass is 9.77. The van der Waals surface area contributed by atoms with Crippen LogP contribution in [0.2, 0.25) is 0 Å². The fourth-order valence-electron chi connectivity index (χ4n) is 7.21. The molecule has 0 heterocycles. The molecule has 3 fully saturated rings. The number of ketones is 1. The molecule has 3 saturated carbocycles. The molecule has 2 aromatic rings. The van der Waals surface area contributed by atoms with E-state index in [1.54, 1.807) is 0 Å². The van der Waals surface area contributed by atoms with Gasteiger partial charge in [-0.1, -0.05) is 60.7 Å². The molecule has 5 nitrogen and oxygen atoms in total. The number of benzene rings is 2. The highest BCUT2D eigenvalue weighted by atomic mass is 16.6. The maximum Gasteiger partial charge on any atom is 0.311 e. The van der Waals surface area contributed by atoms with Crippen molar-refractivity contribution in [3.05, 3.63) is 70.8 Å². The molecule has 0 saturated heterocycles. The zero-order chi connectivity index (χ0) is 25.4. The topological polar surface area (TPSA) is 69.7 Å². The lowest BCUT2D eigenvalue weighted by Gasteiger charge is -2.37. The number of esters is 2. The lowest BCUT2D eigenvalue weighted by molar-refractivity contribution is -0.175. The number of Topliss-reactive ketones (excluding diaryl/α,β-unsaturated/α-hetero) is 1. The largest absolute Gasteiger partial charge is 0.461 e. The van der Waals surface area contributed by atoms with Crippen LogP contribution in [-0.4, -0.2) is 23.8 Å². The molecule has 0 N–H and O–H groups in total. The van der Waals surface area contributed by atoms with Crippen LogP contribution in [0.5, 0.6) is 0 Å². The number of ether oxygens (including phenoxy) is 2. The van der Waals surface area contributed by atoms with Crippen molar-refractivity contribution in [3.8, 4) is 0 Å². The van der Waals surface area contributed by atoms with Crippen molar-refractivity contribution in [2.75, 3.05) is 0 Å². The number of carbonyl (C=O) groups is 3. The minimum absolute atomic E-state index is 0.0157. The van der Waals surface area contributed by atoms with Crippen LogP contribution in [0, 0.1) is 35.0 Å². The monoisotopic (exact) mass is 484 g/mol. The van der Waals surface area contributed by atoms with E-state index in [0.29, 0.717) is 6.42 Å². The number of carbonyl (C=O) groups excluding carboxylic acids is 3. The Morgan fingerprint density at radius 3 is 2.06 bits per heavy atom. The van der Waals surface area contributed by atoms with Gasteiger partial charge in [-0.05, 0) is 51.2 Å². The van der Waals surface area contributed by atoms with Gasteiger partial charge in [-0.15, -0.1) is 0 Å². The van der Waals surface area contributed by atoms with E-state index in [0.717, 1.165) is 28.7 Å². The lowest BCUT2D eigenvalue weighted by Crippen LogP contribution is -2.44. The van der Waals surface area contributed by atoms with Gasteiger partial charge in [0.1, 0.15) is 11.9 Å². The molecule has 0 amide bonds. The van der Waals surface area contributed by atoms with E-state index >= 15 is 0 Å². The first-order valence-electron chi connectivity index (χ1n) is 12.9. The molecule has 6 unspecified atom stereocenters. The summed E-state index contributed by atoms with van der Waals surface area (Å²) in [6.07, 6.45) is 4.81. The Labute approximate surface area is 211 Å².